The average molecular weight is 316 g/mol. The van der Waals surface area contributed by atoms with E-state index in [2.05, 4.69) is 10.1 Å². The van der Waals surface area contributed by atoms with Crippen LogP contribution in [-0.2, 0) is 4.79 Å². The monoisotopic (exact) mass is 316 g/mol. The van der Waals surface area contributed by atoms with E-state index in [1.165, 1.54) is 18.2 Å². The number of aliphatic hydroxyl groups is 1. The SMILES string of the molecule is CC(C)N(C)CC(=O)NCC(O)c1cccc(OC(F)F)c1. The first-order valence-corrected chi connectivity index (χ1v) is 6.99. The Balaban J connectivity index is 2.51. The first-order valence-electron chi connectivity index (χ1n) is 6.99. The highest BCUT2D eigenvalue weighted by atomic mass is 19.3. The number of likely N-dealkylation sites (N-methyl/N-ethyl adjacent to an activating group) is 1. The fourth-order valence-corrected chi connectivity index (χ4v) is 1.69. The number of carbonyl (C=O) groups excluding carboxylic acids is 1. The summed E-state index contributed by atoms with van der Waals surface area (Å²) >= 11 is 0. The standard InChI is InChI=1S/C15H22F2N2O3/c1-10(2)19(3)9-14(21)18-8-13(20)11-5-4-6-12(7-11)22-15(16)17/h4-7,10,13,15,20H,8-9H2,1-3H3,(H,18,21). The summed E-state index contributed by atoms with van der Waals surface area (Å²) in [5.41, 5.74) is 0.399. The van der Waals surface area contributed by atoms with Gasteiger partial charge < -0.3 is 15.2 Å². The van der Waals surface area contributed by atoms with Crippen molar-refractivity contribution >= 4 is 5.91 Å². The molecule has 22 heavy (non-hydrogen) atoms. The molecule has 0 radical (unpaired) electrons. The normalized spacial score (nSPS) is 12.8. The van der Waals surface area contributed by atoms with E-state index in [1.807, 2.05) is 25.8 Å². The Kier molecular flexibility index (Phi) is 7.20. The summed E-state index contributed by atoms with van der Waals surface area (Å²) in [5, 5.41) is 12.6. The summed E-state index contributed by atoms with van der Waals surface area (Å²) in [5.74, 6) is -0.243. The van der Waals surface area contributed by atoms with Gasteiger partial charge in [0.05, 0.1) is 12.6 Å². The van der Waals surface area contributed by atoms with Gasteiger partial charge in [-0.2, -0.15) is 8.78 Å². The molecule has 1 rings (SSSR count). The van der Waals surface area contributed by atoms with Gasteiger partial charge in [-0.05, 0) is 38.6 Å². The second-order valence-corrected chi connectivity index (χ2v) is 5.28. The highest BCUT2D eigenvalue weighted by Crippen LogP contribution is 2.20. The molecule has 1 aromatic carbocycles. The highest BCUT2D eigenvalue weighted by Gasteiger charge is 2.13. The quantitative estimate of drug-likeness (QED) is 0.767. The van der Waals surface area contributed by atoms with Crippen molar-refractivity contribution in [2.24, 2.45) is 0 Å². The third-order valence-electron chi connectivity index (χ3n) is 3.24. The van der Waals surface area contributed by atoms with Crippen molar-refractivity contribution in [1.82, 2.24) is 10.2 Å². The van der Waals surface area contributed by atoms with Gasteiger partial charge in [0.25, 0.3) is 0 Å². The minimum Gasteiger partial charge on any atom is -0.435 e. The molecule has 124 valence electrons. The van der Waals surface area contributed by atoms with Crippen molar-refractivity contribution in [3.05, 3.63) is 29.8 Å². The molecule has 5 nitrogen and oxygen atoms in total. The number of hydrogen-bond donors (Lipinski definition) is 2. The van der Waals surface area contributed by atoms with Crippen LogP contribution < -0.4 is 10.1 Å². The third-order valence-corrected chi connectivity index (χ3v) is 3.24. The first-order chi connectivity index (χ1) is 10.3. The van der Waals surface area contributed by atoms with Gasteiger partial charge in [0.15, 0.2) is 0 Å². The zero-order valence-corrected chi connectivity index (χ0v) is 12.9. The summed E-state index contributed by atoms with van der Waals surface area (Å²) in [4.78, 5) is 13.6. The molecule has 0 aromatic heterocycles. The van der Waals surface area contributed by atoms with Gasteiger partial charge in [0.1, 0.15) is 5.75 Å². The fraction of sp³-hybridized carbons (Fsp3) is 0.533. The predicted molar refractivity (Wildman–Crippen MR) is 78.8 cm³/mol. The van der Waals surface area contributed by atoms with Crippen molar-refractivity contribution in [1.29, 1.82) is 0 Å². The maximum absolute atomic E-state index is 12.1. The molecule has 0 aliphatic rings. The van der Waals surface area contributed by atoms with Crippen LogP contribution in [0.4, 0.5) is 8.78 Å². The summed E-state index contributed by atoms with van der Waals surface area (Å²) in [7, 11) is 1.83. The number of hydrogen-bond acceptors (Lipinski definition) is 4. The van der Waals surface area contributed by atoms with Crippen molar-refractivity contribution in [3.63, 3.8) is 0 Å². The number of rotatable bonds is 8. The van der Waals surface area contributed by atoms with Crippen molar-refractivity contribution in [3.8, 4) is 5.75 Å². The Bertz CT molecular complexity index is 484. The van der Waals surface area contributed by atoms with Crippen LogP contribution in [0.25, 0.3) is 0 Å². The van der Waals surface area contributed by atoms with Gasteiger partial charge in [0.2, 0.25) is 5.91 Å². The van der Waals surface area contributed by atoms with Crippen LogP contribution in [0, 0.1) is 0 Å². The van der Waals surface area contributed by atoms with E-state index in [0.717, 1.165) is 0 Å². The molecule has 2 N–H and O–H groups in total. The number of aliphatic hydroxyl groups excluding tert-OH is 1. The molecule has 0 saturated carbocycles. The molecule has 1 atom stereocenters. The van der Waals surface area contributed by atoms with E-state index < -0.39 is 12.7 Å². The van der Waals surface area contributed by atoms with Gasteiger partial charge in [-0.25, -0.2) is 0 Å². The van der Waals surface area contributed by atoms with E-state index in [0.29, 0.717) is 5.56 Å². The average Bonchev–Trinajstić information content (AvgIpc) is 2.44. The second kappa shape index (κ2) is 8.65. The molecule has 0 spiro atoms. The Morgan fingerprint density at radius 1 is 1.41 bits per heavy atom. The van der Waals surface area contributed by atoms with Crippen LogP contribution in [-0.4, -0.2) is 48.7 Å². The smallest absolute Gasteiger partial charge is 0.387 e. The van der Waals surface area contributed by atoms with E-state index in [9.17, 15) is 18.7 Å². The lowest BCUT2D eigenvalue weighted by Crippen LogP contribution is -2.39. The van der Waals surface area contributed by atoms with Crippen LogP contribution in [0.1, 0.15) is 25.5 Å². The molecule has 0 saturated heterocycles. The van der Waals surface area contributed by atoms with Gasteiger partial charge in [-0.3, -0.25) is 9.69 Å². The second-order valence-electron chi connectivity index (χ2n) is 5.28. The number of benzene rings is 1. The Hall–Kier alpha value is -1.73. The number of alkyl halides is 2. The lowest BCUT2D eigenvalue weighted by molar-refractivity contribution is -0.122. The summed E-state index contributed by atoms with van der Waals surface area (Å²) in [6, 6.07) is 6.01. The Morgan fingerprint density at radius 3 is 2.68 bits per heavy atom. The molecule has 0 fully saturated rings. The number of amides is 1. The molecule has 1 aromatic rings. The molecular formula is C15H22F2N2O3. The molecular weight excluding hydrogens is 294 g/mol. The van der Waals surface area contributed by atoms with Crippen LogP contribution in [0.15, 0.2) is 24.3 Å². The van der Waals surface area contributed by atoms with E-state index in [-0.39, 0.29) is 30.8 Å². The summed E-state index contributed by atoms with van der Waals surface area (Å²) < 4.78 is 28.6. The Morgan fingerprint density at radius 2 is 2.09 bits per heavy atom. The molecule has 7 heteroatoms. The number of carbonyl (C=O) groups is 1. The minimum atomic E-state index is -2.92. The van der Waals surface area contributed by atoms with Gasteiger partial charge in [-0.1, -0.05) is 12.1 Å². The van der Waals surface area contributed by atoms with Gasteiger partial charge in [0, 0.05) is 12.6 Å². The highest BCUT2D eigenvalue weighted by molar-refractivity contribution is 5.78. The summed E-state index contributed by atoms with van der Waals surface area (Å²) in [6.07, 6.45) is -0.991. The van der Waals surface area contributed by atoms with Crippen molar-refractivity contribution in [2.45, 2.75) is 32.6 Å². The molecule has 0 aliphatic heterocycles. The van der Waals surface area contributed by atoms with Crippen molar-refractivity contribution in [2.75, 3.05) is 20.1 Å². The van der Waals surface area contributed by atoms with Gasteiger partial charge in [-0.15, -0.1) is 0 Å². The molecule has 0 heterocycles. The van der Waals surface area contributed by atoms with E-state index in [4.69, 9.17) is 0 Å². The van der Waals surface area contributed by atoms with Crippen LogP contribution >= 0.6 is 0 Å². The zero-order valence-electron chi connectivity index (χ0n) is 12.9. The molecule has 0 bridgehead atoms. The maximum Gasteiger partial charge on any atom is 0.387 e. The number of nitrogens with zero attached hydrogens (tertiary/aromatic N) is 1. The first kappa shape index (κ1) is 18.3. The van der Waals surface area contributed by atoms with Crippen LogP contribution in [0.3, 0.4) is 0 Å². The lowest BCUT2D eigenvalue weighted by atomic mass is 10.1. The van der Waals surface area contributed by atoms with E-state index in [1.54, 1.807) is 6.07 Å². The third kappa shape index (κ3) is 6.36. The number of halogens is 2. The van der Waals surface area contributed by atoms with Gasteiger partial charge >= 0.3 is 6.61 Å². The predicted octanol–water partition coefficient (Wildman–Crippen LogP) is 1.78. The molecule has 1 unspecified atom stereocenters. The van der Waals surface area contributed by atoms with Crippen molar-refractivity contribution < 1.29 is 23.4 Å². The molecule has 0 aliphatic carbocycles. The number of ether oxygens (including phenoxy) is 1. The van der Waals surface area contributed by atoms with E-state index >= 15 is 0 Å². The lowest BCUT2D eigenvalue weighted by Gasteiger charge is -2.21. The maximum atomic E-state index is 12.1. The Labute approximate surface area is 128 Å². The molecule has 1 amide bonds. The zero-order chi connectivity index (χ0) is 16.7. The summed E-state index contributed by atoms with van der Waals surface area (Å²) in [6.45, 7) is 1.24. The van der Waals surface area contributed by atoms with Crippen LogP contribution in [0.2, 0.25) is 0 Å². The number of nitrogens with one attached hydrogen (secondary N) is 1. The minimum absolute atomic E-state index is 0.00288. The topological polar surface area (TPSA) is 61.8 Å². The fourth-order valence-electron chi connectivity index (χ4n) is 1.69. The largest absolute Gasteiger partial charge is 0.435 e. The van der Waals surface area contributed by atoms with Crippen LogP contribution in [0.5, 0.6) is 5.75 Å².